The Bertz CT molecular complexity index is 1160. The van der Waals surface area contributed by atoms with Crippen molar-refractivity contribution in [2.45, 2.75) is 52.5 Å². The predicted molar refractivity (Wildman–Crippen MR) is 133 cm³/mol. The third-order valence-corrected chi connectivity index (χ3v) is 6.74. The summed E-state index contributed by atoms with van der Waals surface area (Å²) in [6, 6.07) is 18.9. The van der Waals surface area contributed by atoms with Crippen molar-refractivity contribution in [3.05, 3.63) is 83.0 Å². The molecule has 2 aromatic heterocycles. The van der Waals surface area contributed by atoms with Gasteiger partial charge in [-0.1, -0.05) is 68.4 Å². The Morgan fingerprint density at radius 2 is 1.84 bits per heavy atom. The second-order valence-electron chi connectivity index (χ2n) is 8.17. The second-order valence-corrected chi connectivity index (χ2v) is 9.01. The van der Waals surface area contributed by atoms with Crippen LogP contribution in [0.5, 0.6) is 0 Å². The van der Waals surface area contributed by atoms with Crippen LogP contribution in [0.15, 0.2) is 66.2 Å². The van der Waals surface area contributed by atoms with Crippen LogP contribution < -0.4 is 0 Å². The first kappa shape index (κ1) is 22.3. The monoisotopic (exact) mass is 445 g/mol. The minimum Gasteiger partial charge on any atom is -0.337 e. The van der Waals surface area contributed by atoms with E-state index in [2.05, 4.69) is 78.4 Å². The zero-order valence-electron chi connectivity index (χ0n) is 19.0. The van der Waals surface area contributed by atoms with E-state index in [1.165, 1.54) is 16.7 Å². The van der Waals surface area contributed by atoms with Crippen LogP contribution in [0.4, 0.5) is 0 Å². The van der Waals surface area contributed by atoms with Crippen LogP contribution in [-0.4, -0.2) is 26.7 Å². The van der Waals surface area contributed by atoms with E-state index in [1.54, 1.807) is 11.3 Å². The van der Waals surface area contributed by atoms with Crippen LogP contribution in [0.2, 0.25) is 0 Å². The number of nitrogens with zero attached hydrogens (tertiary/aromatic N) is 3. The van der Waals surface area contributed by atoms with Gasteiger partial charge >= 0.3 is 0 Å². The van der Waals surface area contributed by atoms with Gasteiger partial charge in [-0.15, -0.1) is 11.3 Å². The van der Waals surface area contributed by atoms with Gasteiger partial charge in [0, 0.05) is 30.1 Å². The van der Waals surface area contributed by atoms with E-state index in [-0.39, 0.29) is 5.91 Å². The van der Waals surface area contributed by atoms with Crippen LogP contribution in [0.25, 0.3) is 16.2 Å². The first-order valence-electron chi connectivity index (χ1n) is 11.5. The van der Waals surface area contributed by atoms with Crippen LogP contribution in [0, 0.1) is 0 Å². The fraction of sp³-hybridized carbons (Fsp3) is 0.333. The van der Waals surface area contributed by atoms with Gasteiger partial charge < -0.3 is 4.90 Å². The van der Waals surface area contributed by atoms with Crippen LogP contribution in [-0.2, 0) is 24.2 Å². The van der Waals surface area contributed by atoms with Gasteiger partial charge in [-0.3, -0.25) is 9.20 Å². The highest BCUT2D eigenvalue weighted by Crippen LogP contribution is 2.27. The number of hydrogen-bond acceptors (Lipinski definition) is 3. The zero-order valence-corrected chi connectivity index (χ0v) is 19.8. The molecule has 0 aliphatic rings. The molecule has 0 unspecified atom stereocenters. The number of aryl methyl sites for hydroxylation is 2. The molecule has 4 aromatic rings. The maximum Gasteiger partial charge on any atom is 0.222 e. The van der Waals surface area contributed by atoms with Crippen molar-refractivity contribution < 1.29 is 4.79 Å². The van der Waals surface area contributed by atoms with Gasteiger partial charge in [0.2, 0.25) is 5.91 Å². The summed E-state index contributed by atoms with van der Waals surface area (Å²) >= 11 is 1.64. The molecule has 0 bridgehead atoms. The molecule has 0 saturated carbocycles. The maximum atomic E-state index is 13.0. The van der Waals surface area contributed by atoms with E-state index >= 15 is 0 Å². The minimum atomic E-state index is 0.235. The molecule has 32 heavy (non-hydrogen) atoms. The summed E-state index contributed by atoms with van der Waals surface area (Å²) in [4.78, 5) is 20.9. The van der Waals surface area contributed by atoms with Gasteiger partial charge in [-0.05, 0) is 36.8 Å². The van der Waals surface area contributed by atoms with Crippen molar-refractivity contribution in [1.82, 2.24) is 14.3 Å². The molecule has 1 amide bonds. The molecule has 0 N–H and O–H groups in total. The van der Waals surface area contributed by atoms with Crippen molar-refractivity contribution in [3.63, 3.8) is 0 Å². The van der Waals surface area contributed by atoms with Crippen molar-refractivity contribution in [2.24, 2.45) is 0 Å². The Kier molecular flexibility index (Phi) is 7.38. The van der Waals surface area contributed by atoms with E-state index in [1.807, 2.05) is 11.0 Å². The molecule has 166 valence electrons. The lowest BCUT2D eigenvalue weighted by Crippen LogP contribution is -2.31. The lowest BCUT2D eigenvalue weighted by Gasteiger charge is -2.22. The average molecular weight is 446 g/mol. The van der Waals surface area contributed by atoms with Crippen molar-refractivity contribution >= 4 is 22.2 Å². The highest BCUT2D eigenvalue weighted by atomic mass is 32.1. The van der Waals surface area contributed by atoms with Gasteiger partial charge in [0.25, 0.3) is 0 Å². The molecule has 0 spiro atoms. The number of carbonyl (C=O) groups excluding carboxylic acids is 1. The maximum absolute atomic E-state index is 13.0. The second kappa shape index (κ2) is 10.6. The number of imidazole rings is 1. The molecule has 0 radical (unpaired) electrons. The normalized spacial score (nSPS) is 11.2. The Hall–Kier alpha value is -2.92. The number of aromatic nitrogens is 2. The number of thiazole rings is 1. The van der Waals surface area contributed by atoms with Crippen LogP contribution in [0.3, 0.4) is 0 Å². The predicted octanol–water partition coefficient (Wildman–Crippen LogP) is 6.39. The number of carbonyl (C=O) groups is 1. The topological polar surface area (TPSA) is 37.6 Å². The smallest absolute Gasteiger partial charge is 0.222 e. The van der Waals surface area contributed by atoms with E-state index in [0.29, 0.717) is 13.0 Å². The Morgan fingerprint density at radius 1 is 1.06 bits per heavy atom. The quantitative estimate of drug-likeness (QED) is 0.284. The Labute approximate surface area is 194 Å². The van der Waals surface area contributed by atoms with Crippen LogP contribution in [0.1, 0.15) is 49.9 Å². The first-order valence-corrected chi connectivity index (χ1v) is 12.4. The molecule has 0 fully saturated rings. The largest absolute Gasteiger partial charge is 0.337 e. The molecule has 0 atom stereocenters. The molecule has 4 nitrogen and oxygen atoms in total. The molecule has 4 rings (SSSR count). The average Bonchev–Trinajstić information content (AvgIpc) is 3.41. The van der Waals surface area contributed by atoms with E-state index in [9.17, 15) is 4.79 Å². The summed E-state index contributed by atoms with van der Waals surface area (Å²) in [5.74, 6) is 0.235. The molecule has 0 saturated heterocycles. The molecule has 2 heterocycles. The number of amides is 1. The summed E-state index contributed by atoms with van der Waals surface area (Å²) in [7, 11) is 0. The summed E-state index contributed by atoms with van der Waals surface area (Å²) < 4.78 is 2.16. The Balaban J connectivity index is 1.47. The van der Waals surface area contributed by atoms with Crippen molar-refractivity contribution in [1.29, 1.82) is 0 Å². The standard InChI is InChI=1S/C27H31N3OS/c1-3-17-29(26(31)16-10-13-21-11-6-5-7-12-21)18-23-20-32-27-28-25(19-30(23)27)24-15-9-8-14-22(24)4-2/h5-9,11-12,14-15,19-20H,3-4,10,13,16-18H2,1-2H3. The molecule has 0 aliphatic carbocycles. The van der Waals surface area contributed by atoms with Gasteiger partial charge in [-0.2, -0.15) is 0 Å². The molecular formula is C27H31N3OS. The number of rotatable bonds is 10. The summed E-state index contributed by atoms with van der Waals surface area (Å²) in [5.41, 5.74) is 5.93. The van der Waals surface area contributed by atoms with E-state index in [4.69, 9.17) is 4.98 Å². The lowest BCUT2D eigenvalue weighted by atomic mass is 10.0. The minimum absolute atomic E-state index is 0.235. The molecule has 0 aliphatic heterocycles. The number of fused-ring (bicyclic) bond motifs is 1. The third-order valence-electron chi connectivity index (χ3n) is 5.86. The molecule has 5 heteroatoms. The fourth-order valence-corrected chi connectivity index (χ4v) is 5.02. The van der Waals surface area contributed by atoms with Crippen molar-refractivity contribution in [2.75, 3.05) is 6.54 Å². The number of benzene rings is 2. The summed E-state index contributed by atoms with van der Waals surface area (Å²) in [6.07, 6.45) is 6.47. The van der Waals surface area contributed by atoms with Gasteiger partial charge in [0.05, 0.1) is 17.9 Å². The fourth-order valence-electron chi connectivity index (χ4n) is 4.16. The van der Waals surface area contributed by atoms with Gasteiger partial charge in [0.15, 0.2) is 4.96 Å². The molecule has 2 aromatic carbocycles. The lowest BCUT2D eigenvalue weighted by molar-refractivity contribution is -0.132. The van der Waals surface area contributed by atoms with Crippen LogP contribution >= 0.6 is 11.3 Å². The van der Waals surface area contributed by atoms with E-state index < -0.39 is 0 Å². The summed E-state index contributed by atoms with van der Waals surface area (Å²) in [5, 5.41) is 2.14. The third kappa shape index (κ3) is 5.10. The van der Waals surface area contributed by atoms with E-state index in [0.717, 1.165) is 48.6 Å². The summed E-state index contributed by atoms with van der Waals surface area (Å²) in [6.45, 7) is 5.71. The SMILES string of the molecule is CCCN(Cc1csc2nc(-c3ccccc3CC)cn12)C(=O)CCCc1ccccc1. The van der Waals surface area contributed by atoms with Gasteiger partial charge in [0.1, 0.15) is 0 Å². The number of hydrogen-bond donors (Lipinski definition) is 0. The van der Waals surface area contributed by atoms with Gasteiger partial charge in [-0.25, -0.2) is 4.98 Å². The Morgan fingerprint density at radius 3 is 2.62 bits per heavy atom. The first-order chi connectivity index (χ1) is 15.7. The highest BCUT2D eigenvalue weighted by molar-refractivity contribution is 7.15. The van der Waals surface area contributed by atoms with Crippen molar-refractivity contribution in [3.8, 4) is 11.3 Å². The highest BCUT2D eigenvalue weighted by Gasteiger charge is 2.17. The molecular weight excluding hydrogens is 414 g/mol. The zero-order chi connectivity index (χ0) is 22.3.